The summed E-state index contributed by atoms with van der Waals surface area (Å²) < 4.78 is 0.901. The van der Waals surface area contributed by atoms with Crippen molar-refractivity contribution in [2.75, 3.05) is 10.2 Å². The average Bonchev–Trinajstić information content (AvgIpc) is 2.77. The van der Waals surface area contributed by atoms with Crippen molar-refractivity contribution in [3.8, 4) is 0 Å². The molecule has 1 N–H and O–H groups in total. The van der Waals surface area contributed by atoms with E-state index in [-0.39, 0.29) is 11.1 Å². The number of carbonyl (C=O) groups excluding carboxylic acids is 2. The van der Waals surface area contributed by atoms with Crippen molar-refractivity contribution >= 4 is 50.2 Å². The molecule has 1 fully saturated rings. The summed E-state index contributed by atoms with van der Waals surface area (Å²) in [6.07, 6.45) is 0. The molecular weight excluding hydrogens is 364 g/mol. The summed E-state index contributed by atoms with van der Waals surface area (Å²) in [5.41, 5.74) is 2.48. The summed E-state index contributed by atoms with van der Waals surface area (Å²) in [6.45, 7) is 1.96. The number of nitrogens with zero attached hydrogens (tertiary/aromatic N) is 1. The van der Waals surface area contributed by atoms with Crippen LogP contribution in [0, 0.1) is 6.92 Å². The molecule has 0 radical (unpaired) electrons. The highest BCUT2D eigenvalue weighted by atomic mass is 79.9. The van der Waals surface area contributed by atoms with Gasteiger partial charge in [0.25, 0.3) is 11.1 Å². The molecule has 0 aliphatic carbocycles. The lowest BCUT2D eigenvalue weighted by atomic mass is 10.2. The first-order valence-corrected chi connectivity index (χ1v) is 8.36. The normalized spacial score (nSPS) is 17.9. The van der Waals surface area contributed by atoms with Crippen LogP contribution in [0.3, 0.4) is 0 Å². The highest BCUT2D eigenvalue weighted by Crippen LogP contribution is 2.33. The van der Waals surface area contributed by atoms with Gasteiger partial charge < -0.3 is 5.32 Å². The first-order chi connectivity index (χ1) is 10.6. The minimum absolute atomic E-state index is 0.249. The molecule has 2 aromatic carbocycles. The zero-order valence-electron chi connectivity index (χ0n) is 11.7. The van der Waals surface area contributed by atoms with Crippen LogP contribution in [0.2, 0.25) is 0 Å². The fourth-order valence-corrected chi connectivity index (χ4v) is 3.36. The molecule has 1 aliphatic heterocycles. The first-order valence-electron chi connectivity index (χ1n) is 6.68. The van der Waals surface area contributed by atoms with E-state index in [0.717, 1.165) is 27.5 Å². The van der Waals surface area contributed by atoms with Gasteiger partial charge in [-0.25, -0.2) is 4.90 Å². The van der Waals surface area contributed by atoms with E-state index in [1.54, 1.807) is 12.1 Å². The monoisotopic (exact) mass is 376 g/mol. The summed E-state index contributed by atoms with van der Waals surface area (Å²) in [6, 6.07) is 14.8. The van der Waals surface area contributed by atoms with Gasteiger partial charge in [-0.2, -0.15) is 0 Å². The highest BCUT2D eigenvalue weighted by molar-refractivity contribution is 9.10. The second-order valence-corrected chi connectivity index (χ2v) is 6.85. The first kappa shape index (κ1) is 15.1. The highest BCUT2D eigenvalue weighted by Gasteiger charge is 2.40. The zero-order valence-corrected chi connectivity index (χ0v) is 14.1. The van der Waals surface area contributed by atoms with Crippen molar-refractivity contribution in [3.05, 3.63) is 58.6 Å². The Balaban J connectivity index is 1.82. The molecule has 1 saturated heterocycles. The van der Waals surface area contributed by atoms with Crippen molar-refractivity contribution in [1.82, 2.24) is 0 Å². The summed E-state index contributed by atoms with van der Waals surface area (Å²) >= 11 is 4.34. The molecule has 0 spiro atoms. The van der Waals surface area contributed by atoms with Crippen LogP contribution >= 0.6 is 27.7 Å². The Morgan fingerprint density at radius 3 is 2.45 bits per heavy atom. The van der Waals surface area contributed by atoms with Crippen LogP contribution in [0.4, 0.5) is 16.2 Å². The van der Waals surface area contributed by atoms with E-state index in [9.17, 15) is 9.59 Å². The molecule has 2 amide bonds. The molecule has 6 heteroatoms. The van der Waals surface area contributed by atoms with Gasteiger partial charge in [-0.05, 0) is 54.6 Å². The van der Waals surface area contributed by atoms with Gasteiger partial charge in [-0.1, -0.05) is 34.1 Å². The lowest BCUT2D eigenvalue weighted by Gasteiger charge is -2.15. The van der Waals surface area contributed by atoms with Crippen LogP contribution in [0.1, 0.15) is 5.56 Å². The number of amides is 2. The van der Waals surface area contributed by atoms with Crippen LogP contribution in [0.15, 0.2) is 53.0 Å². The van der Waals surface area contributed by atoms with Gasteiger partial charge in [0, 0.05) is 10.2 Å². The molecule has 0 unspecified atom stereocenters. The Bertz CT molecular complexity index is 733. The van der Waals surface area contributed by atoms with E-state index in [2.05, 4.69) is 21.2 Å². The van der Waals surface area contributed by atoms with Gasteiger partial charge in [-0.15, -0.1) is 0 Å². The lowest BCUT2D eigenvalue weighted by Crippen LogP contribution is -2.34. The van der Waals surface area contributed by atoms with Crippen molar-refractivity contribution in [2.45, 2.75) is 12.3 Å². The molecule has 1 atom stereocenters. The number of anilines is 2. The average molecular weight is 377 g/mol. The predicted molar refractivity (Wildman–Crippen MR) is 93.2 cm³/mol. The second-order valence-electron chi connectivity index (χ2n) is 4.87. The molecule has 4 nitrogen and oxygen atoms in total. The molecule has 0 aromatic heterocycles. The number of hydrogen-bond acceptors (Lipinski definition) is 4. The molecule has 1 heterocycles. The summed E-state index contributed by atoms with van der Waals surface area (Å²) in [5, 5.41) is 2.28. The van der Waals surface area contributed by atoms with Gasteiger partial charge in [0.05, 0.1) is 5.69 Å². The van der Waals surface area contributed by atoms with Gasteiger partial charge >= 0.3 is 0 Å². The topological polar surface area (TPSA) is 49.4 Å². The Labute approximate surface area is 141 Å². The number of hydrogen-bond donors (Lipinski definition) is 1. The third-order valence-corrected chi connectivity index (χ3v) is 4.83. The third kappa shape index (κ3) is 2.89. The van der Waals surface area contributed by atoms with Gasteiger partial charge in [0.2, 0.25) is 0 Å². The molecule has 2 aromatic rings. The molecule has 0 bridgehead atoms. The van der Waals surface area contributed by atoms with E-state index in [4.69, 9.17) is 0 Å². The lowest BCUT2D eigenvalue weighted by molar-refractivity contribution is -0.116. The molecule has 3 rings (SSSR count). The molecule has 22 heavy (non-hydrogen) atoms. The number of carbonyl (C=O) groups is 2. The van der Waals surface area contributed by atoms with Crippen molar-refractivity contribution in [1.29, 1.82) is 0 Å². The standard InChI is InChI=1S/C16H13BrN2O2S/c1-10-4-2-3-5-13(10)18-14-15(20)19(16(21)22-14)12-8-6-11(17)7-9-12/h2-9,14,18H,1H3/t14-/m0/s1. The van der Waals surface area contributed by atoms with E-state index < -0.39 is 5.37 Å². The Hall–Kier alpha value is -1.79. The van der Waals surface area contributed by atoms with E-state index >= 15 is 0 Å². The second kappa shape index (κ2) is 6.14. The number of thioether (sulfide) groups is 1. The predicted octanol–water partition coefficient (Wildman–Crippen LogP) is 4.40. The van der Waals surface area contributed by atoms with Crippen LogP contribution < -0.4 is 10.2 Å². The number of benzene rings is 2. The summed E-state index contributed by atoms with van der Waals surface area (Å²) in [5.74, 6) is -0.249. The largest absolute Gasteiger partial charge is 0.365 e. The number of rotatable bonds is 3. The Kier molecular flexibility index (Phi) is 4.22. The molecule has 1 aliphatic rings. The molecular formula is C16H13BrN2O2S. The summed E-state index contributed by atoms with van der Waals surface area (Å²) in [4.78, 5) is 25.9. The van der Waals surface area contributed by atoms with Gasteiger partial charge in [0.15, 0.2) is 5.37 Å². The summed E-state index contributed by atoms with van der Waals surface area (Å²) in [7, 11) is 0. The van der Waals surface area contributed by atoms with Crippen LogP contribution in [0.25, 0.3) is 0 Å². The number of halogens is 1. The fourth-order valence-electron chi connectivity index (χ4n) is 2.20. The quantitative estimate of drug-likeness (QED) is 0.862. The number of aryl methyl sites for hydroxylation is 1. The molecule has 0 saturated carbocycles. The molecule has 112 valence electrons. The maximum atomic E-state index is 12.5. The van der Waals surface area contributed by atoms with Crippen molar-refractivity contribution in [3.63, 3.8) is 0 Å². The minimum atomic E-state index is -0.600. The maximum absolute atomic E-state index is 12.5. The number of nitrogens with one attached hydrogen (secondary N) is 1. The van der Waals surface area contributed by atoms with E-state index in [1.807, 2.05) is 43.3 Å². The Morgan fingerprint density at radius 1 is 1.09 bits per heavy atom. The maximum Gasteiger partial charge on any atom is 0.295 e. The van der Waals surface area contributed by atoms with Gasteiger partial charge in [-0.3, -0.25) is 9.59 Å². The van der Waals surface area contributed by atoms with E-state index in [0.29, 0.717) is 5.69 Å². The number of imide groups is 1. The number of para-hydroxylation sites is 1. The smallest absolute Gasteiger partial charge is 0.295 e. The third-order valence-electron chi connectivity index (χ3n) is 3.36. The zero-order chi connectivity index (χ0) is 15.7. The minimum Gasteiger partial charge on any atom is -0.365 e. The Morgan fingerprint density at radius 2 is 1.77 bits per heavy atom. The van der Waals surface area contributed by atoms with Crippen LogP contribution in [-0.4, -0.2) is 16.5 Å². The van der Waals surface area contributed by atoms with Crippen LogP contribution in [0.5, 0.6) is 0 Å². The fraction of sp³-hybridized carbons (Fsp3) is 0.125. The van der Waals surface area contributed by atoms with E-state index in [1.165, 1.54) is 4.90 Å². The van der Waals surface area contributed by atoms with Gasteiger partial charge in [0.1, 0.15) is 0 Å². The van der Waals surface area contributed by atoms with Crippen molar-refractivity contribution in [2.24, 2.45) is 0 Å². The SMILES string of the molecule is Cc1ccccc1N[C@H]1SC(=O)N(c2ccc(Br)cc2)C1=O. The van der Waals surface area contributed by atoms with Crippen molar-refractivity contribution < 1.29 is 9.59 Å². The van der Waals surface area contributed by atoms with Crippen LogP contribution in [-0.2, 0) is 4.79 Å².